The van der Waals surface area contributed by atoms with E-state index in [0.717, 1.165) is 0 Å². The smallest absolute Gasteiger partial charge is 0.178 e. The third-order valence-corrected chi connectivity index (χ3v) is 1.56. The normalized spacial score (nSPS) is 12.9. The summed E-state index contributed by atoms with van der Waals surface area (Å²) in [6, 6.07) is 0. The quantitative estimate of drug-likeness (QED) is 0.651. The number of carbonyl (C=O) groups is 1. The number of ketones is 1. The lowest BCUT2D eigenvalue weighted by atomic mass is 10.1. The van der Waals surface area contributed by atoms with Crippen LogP contribution >= 0.6 is 0 Å². The maximum atomic E-state index is 10.8. The molecule has 1 atom stereocenters. The van der Waals surface area contributed by atoms with E-state index in [9.17, 15) is 4.79 Å². The molecule has 1 heterocycles. The van der Waals surface area contributed by atoms with Crippen LogP contribution in [0.25, 0.3) is 0 Å². The molecule has 5 nitrogen and oxygen atoms in total. The highest BCUT2D eigenvalue weighted by atomic mass is 16.1. The molecule has 0 fully saturated rings. The molecular weight excluding hydrogens is 156 g/mol. The molecule has 66 valence electrons. The second-order valence-corrected chi connectivity index (χ2v) is 2.94. The molecule has 5 heteroatoms. The summed E-state index contributed by atoms with van der Waals surface area (Å²) in [5.41, 5.74) is 0. The van der Waals surface area contributed by atoms with Gasteiger partial charge >= 0.3 is 0 Å². The van der Waals surface area contributed by atoms with Crippen molar-refractivity contribution in [3.8, 4) is 0 Å². The number of nitrogens with zero attached hydrogens (tertiary/aromatic N) is 4. The fourth-order valence-corrected chi connectivity index (χ4v) is 1.02. The number of aryl methyl sites for hydroxylation is 1. The number of carbonyl (C=O) groups excluding carboxylic acids is 1. The van der Waals surface area contributed by atoms with Crippen LogP contribution in [0.1, 0.15) is 32.0 Å². The van der Waals surface area contributed by atoms with Crippen LogP contribution in [-0.4, -0.2) is 26.0 Å². The van der Waals surface area contributed by atoms with Crippen molar-refractivity contribution in [2.75, 3.05) is 0 Å². The van der Waals surface area contributed by atoms with Crippen LogP contribution < -0.4 is 0 Å². The Balaban J connectivity index is 2.64. The van der Waals surface area contributed by atoms with Gasteiger partial charge in [0.1, 0.15) is 5.78 Å². The van der Waals surface area contributed by atoms with E-state index in [4.69, 9.17) is 0 Å². The van der Waals surface area contributed by atoms with Crippen molar-refractivity contribution in [1.29, 1.82) is 0 Å². The van der Waals surface area contributed by atoms with Crippen LogP contribution in [0.3, 0.4) is 0 Å². The average Bonchev–Trinajstić information content (AvgIpc) is 2.34. The Morgan fingerprint density at radius 2 is 2.33 bits per heavy atom. The summed E-state index contributed by atoms with van der Waals surface area (Å²) in [7, 11) is 1.71. The number of hydrogen-bond donors (Lipinski definition) is 0. The molecule has 1 unspecified atom stereocenters. The predicted octanol–water partition coefficient (Wildman–Crippen LogP) is 0.293. The number of hydrogen-bond acceptors (Lipinski definition) is 4. The van der Waals surface area contributed by atoms with Crippen LogP contribution in [0, 0.1) is 0 Å². The monoisotopic (exact) mass is 168 g/mol. The highest BCUT2D eigenvalue weighted by molar-refractivity contribution is 5.76. The van der Waals surface area contributed by atoms with Gasteiger partial charge < -0.3 is 4.79 Å². The molecule has 1 rings (SSSR count). The van der Waals surface area contributed by atoms with E-state index in [1.54, 1.807) is 14.0 Å². The minimum atomic E-state index is 0.0659. The zero-order valence-corrected chi connectivity index (χ0v) is 7.48. The van der Waals surface area contributed by atoms with Crippen LogP contribution in [0.2, 0.25) is 0 Å². The molecular formula is C7H12N4O. The van der Waals surface area contributed by atoms with Gasteiger partial charge in [-0.05, 0) is 12.1 Å². The standard InChI is InChI=1S/C7H12N4O/c1-5(4-6(2)12)7-8-10-11(3)9-7/h5H,4H2,1-3H3. The SMILES string of the molecule is CC(=O)CC(C)c1nnn(C)n1. The highest BCUT2D eigenvalue weighted by Gasteiger charge is 2.12. The molecule has 0 N–H and O–H groups in total. The highest BCUT2D eigenvalue weighted by Crippen LogP contribution is 2.12. The number of tetrazole rings is 1. The second-order valence-electron chi connectivity index (χ2n) is 2.94. The van der Waals surface area contributed by atoms with Crippen molar-refractivity contribution in [3.63, 3.8) is 0 Å². The molecule has 1 aromatic heterocycles. The van der Waals surface area contributed by atoms with Gasteiger partial charge in [-0.2, -0.15) is 4.80 Å². The summed E-state index contributed by atoms with van der Waals surface area (Å²) in [6.45, 7) is 3.48. The number of Topliss-reactive ketones (excluding diaryl/α,β-unsaturated/α-hetero) is 1. The lowest BCUT2D eigenvalue weighted by molar-refractivity contribution is -0.117. The van der Waals surface area contributed by atoms with Gasteiger partial charge in [0.05, 0.1) is 7.05 Å². The van der Waals surface area contributed by atoms with Gasteiger partial charge in [0.25, 0.3) is 0 Å². The van der Waals surface area contributed by atoms with Crippen molar-refractivity contribution < 1.29 is 4.79 Å². The van der Waals surface area contributed by atoms with Crippen LogP contribution in [0.15, 0.2) is 0 Å². The zero-order chi connectivity index (χ0) is 9.14. The Kier molecular flexibility index (Phi) is 2.52. The van der Waals surface area contributed by atoms with E-state index in [1.165, 1.54) is 4.80 Å². The summed E-state index contributed by atoms with van der Waals surface area (Å²) < 4.78 is 0. The van der Waals surface area contributed by atoms with E-state index in [-0.39, 0.29) is 11.7 Å². The maximum absolute atomic E-state index is 10.8. The molecule has 0 aliphatic heterocycles. The molecule has 12 heavy (non-hydrogen) atoms. The Bertz CT molecular complexity index is 281. The molecule has 0 aromatic carbocycles. The van der Waals surface area contributed by atoms with Gasteiger partial charge in [-0.1, -0.05) is 6.92 Å². The van der Waals surface area contributed by atoms with Crippen LogP contribution in [0.4, 0.5) is 0 Å². The third-order valence-electron chi connectivity index (χ3n) is 1.56. The number of rotatable bonds is 3. The first-order chi connectivity index (χ1) is 5.59. The van der Waals surface area contributed by atoms with E-state index < -0.39 is 0 Å². The minimum absolute atomic E-state index is 0.0659. The fourth-order valence-electron chi connectivity index (χ4n) is 1.02. The third kappa shape index (κ3) is 2.11. The molecule has 0 aliphatic carbocycles. The first kappa shape index (κ1) is 8.83. The number of aromatic nitrogens is 4. The first-order valence-corrected chi connectivity index (χ1v) is 3.83. The van der Waals surface area contributed by atoms with Gasteiger partial charge in [0.2, 0.25) is 0 Å². The van der Waals surface area contributed by atoms with Crippen molar-refractivity contribution in [2.45, 2.75) is 26.2 Å². The topological polar surface area (TPSA) is 60.7 Å². The Morgan fingerprint density at radius 3 is 2.75 bits per heavy atom. The van der Waals surface area contributed by atoms with Crippen molar-refractivity contribution >= 4 is 5.78 Å². The fraction of sp³-hybridized carbons (Fsp3) is 0.714. The summed E-state index contributed by atoms with van der Waals surface area (Å²) in [5.74, 6) is 0.846. The summed E-state index contributed by atoms with van der Waals surface area (Å²) in [4.78, 5) is 12.1. The first-order valence-electron chi connectivity index (χ1n) is 3.83. The van der Waals surface area contributed by atoms with Crippen LogP contribution in [0.5, 0.6) is 0 Å². The van der Waals surface area contributed by atoms with Crippen molar-refractivity contribution in [2.24, 2.45) is 7.05 Å². The van der Waals surface area contributed by atoms with Gasteiger partial charge in [-0.25, -0.2) is 0 Å². The molecule has 1 aromatic rings. The van der Waals surface area contributed by atoms with E-state index >= 15 is 0 Å². The Labute approximate surface area is 70.8 Å². The van der Waals surface area contributed by atoms with E-state index in [0.29, 0.717) is 12.2 Å². The van der Waals surface area contributed by atoms with Gasteiger partial charge in [-0.15, -0.1) is 10.2 Å². The van der Waals surface area contributed by atoms with E-state index in [2.05, 4.69) is 15.4 Å². The van der Waals surface area contributed by atoms with Gasteiger partial charge in [-0.3, -0.25) is 0 Å². The Morgan fingerprint density at radius 1 is 1.67 bits per heavy atom. The van der Waals surface area contributed by atoms with Crippen molar-refractivity contribution in [3.05, 3.63) is 5.82 Å². The predicted molar refractivity (Wildman–Crippen MR) is 42.5 cm³/mol. The zero-order valence-electron chi connectivity index (χ0n) is 7.48. The summed E-state index contributed by atoms with van der Waals surface area (Å²) in [5, 5.41) is 11.5. The molecule has 0 saturated carbocycles. The molecule has 0 amide bonds. The van der Waals surface area contributed by atoms with Crippen molar-refractivity contribution in [1.82, 2.24) is 20.2 Å². The maximum Gasteiger partial charge on any atom is 0.178 e. The molecule has 0 radical (unpaired) electrons. The largest absolute Gasteiger partial charge is 0.300 e. The van der Waals surface area contributed by atoms with Crippen LogP contribution in [-0.2, 0) is 11.8 Å². The molecule has 0 saturated heterocycles. The van der Waals surface area contributed by atoms with E-state index in [1.807, 2.05) is 6.92 Å². The molecule has 0 spiro atoms. The average molecular weight is 168 g/mol. The van der Waals surface area contributed by atoms with Gasteiger partial charge in [0.15, 0.2) is 5.82 Å². The lowest BCUT2D eigenvalue weighted by Gasteiger charge is -2.01. The summed E-state index contributed by atoms with van der Waals surface area (Å²) >= 11 is 0. The molecule has 0 bridgehead atoms. The minimum Gasteiger partial charge on any atom is -0.300 e. The van der Waals surface area contributed by atoms with Gasteiger partial charge in [0, 0.05) is 12.3 Å². The second kappa shape index (κ2) is 3.42. The molecule has 0 aliphatic rings. The lowest BCUT2D eigenvalue weighted by Crippen LogP contribution is -2.03. The summed E-state index contributed by atoms with van der Waals surface area (Å²) in [6.07, 6.45) is 0.478. The Hall–Kier alpha value is -1.26.